The minimum absolute atomic E-state index is 0.0544. The van der Waals surface area contributed by atoms with Crippen LogP contribution in [0.25, 0.3) is 0 Å². The highest BCUT2D eigenvalue weighted by molar-refractivity contribution is 5.99. The Morgan fingerprint density at radius 2 is 1.50 bits per heavy atom. The molecule has 2 fully saturated rings. The zero-order valence-corrected chi connectivity index (χ0v) is 16.4. The topological polar surface area (TPSA) is 50.8 Å². The van der Waals surface area contributed by atoms with Crippen LogP contribution < -0.4 is 10.2 Å². The van der Waals surface area contributed by atoms with E-state index in [-0.39, 0.29) is 5.91 Å². The van der Waals surface area contributed by atoms with Crippen molar-refractivity contribution in [2.24, 2.45) is 0 Å². The number of nitrogens with one attached hydrogen (secondary N) is 1. The quantitative estimate of drug-likeness (QED) is 0.882. The zero-order valence-electron chi connectivity index (χ0n) is 16.4. The van der Waals surface area contributed by atoms with E-state index in [1.807, 2.05) is 12.1 Å². The van der Waals surface area contributed by atoms with Crippen molar-refractivity contribution >= 4 is 17.3 Å². The molecule has 0 spiro atoms. The second-order valence-electron chi connectivity index (χ2n) is 7.66. The largest absolute Gasteiger partial charge is 0.381 e. The number of morpholine rings is 1. The number of rotatable bonds is 4. The summed E-state index contributed by atoms with van der Waals surface area (Å²) in [6, 6.07) is 16.5. The lowest BCUT2D eigenvalue weighted by Gasteiger charge is -2.36. The van der Waals surface area contributed by atoms with Gasteiger partial charge in [0.05, 0.1) is 18.6 Å². The molecule has 5 nitrogen and oxygen atoms in total. The molecule has 0 aliphatic carbocycles. The molecule has 0 aromatic heterocycles. The van der Waals surface area contributed by atoms with Crippen LogP contribution in [-0.4, -0.2) is 45.4 Å². The summed E-state index contributed by atoms with van der Waals surface area (Å²) in [6.07, 6.45) is 1.40. The predicted octanol–water partition coefficient (Wildman–Crippen LogP) is 3.52. The highest BCUT2D eigenvalue weighted by Gasteiger charge is 2.41. The standard InChI is InChI=1S/C23H28N2O3/c1-18-2-4-19(5-3-18)23(10-14-27-15-11-23)22(26)24-20-6-8-21(9-7-20)25-12-16-28-17-13-25/h2-9H,10-17H2,1H3,(H,24,26). The first-order chi connectivity index (χ1) is 13.7. The van der Waals surface area contributed by atoms with E-state index in [1.165, 1.54) is 11.3 Å². The van der Waals surface area contributed by atoms with Gasteiger partial charge in [-0.25, -0.2) is 0 Å². The minimum atomic E-state index is -0.533. The molecule has 28 heavy (non-hydrogen) atoms. The molecule has 5 heteroatoms. The van der Waals surface area contributed by atoms with Crippen molar-refractivity contribution in [1.29, 1.82) is 0 Å². The molecule has 4 rings (SSSR count). The molecule has 0 saturated carbocycles. The van der Waals surface area contributed by atoms with E-state index in [1.54, 1.807) is 0 Å². The van der Waals surface area contributed by atoms with Gasteiger partial charge in [0.15, 0.2) is 0 Å². The summed E-state index contributed by atoms with van der Waals surface area (Å²) in [5, 5.41) is 3.16. The van der Waals surface area contributed by atoms with Crippen LogP contribution in [0.3, 0.4) is 0 Å². The molecule has 2 aliphatic rings. The van der Waals surface area contributed by atoms with E-state index in [2.05, 4.69) is 53.5 Å². The molecule has 2 saturated heterocycles. The molecule has 2 heterocycles. The molecule has 2 aromatic rings. The Hall–Kier alpha value is -2.37. The summed E-state index contributed by atoms with van der Waals surface area (Å²) in [6.45, 7) is 6.62. The average Bonchev–Trinajstić information content (AvgIpc) is 2.76. The lowest BCUT2D eigenvalue weighted by molar-refractivity contribution is -0.125. The summed E-state index contributed by atoms with van der Waals surface area (Å²) < 4.78 is 11.0. The lowest BCUT2D eigenvalue weighted by Crippen LogP contribution is -2.44. The van der Waals surface area contributed by atoms with Crippen molar-refractivity contribution in [2.45, 2.75) is 25.2 Å². The van der Waals surface area contributed by atoms with Crippen molar-refractivity contribution in [2.75, 3.05) is 49.7 Å². The molecular formula is C23H28N2O3. The highest BCUT2D eigenvalue weighted by atomic mass is 16.5. The number of ether oxygens (including phenoxy) is 2. The van der Waals surface area contributed by atoms with E-state index >= 15 is 0 Å². The fourth-order valence-corrected chi connectivity index (χ4v) is 4.07. The Morgan fingerprint density at radius 1 is 0.893 bits per heavy atom. The van der Waals surface area contributed by atoms with Crippen LogP contribution in [0.1, 0.15) is 24.0 Å². The van der Waals surface area contributed by atoms with Crippen molar-refractivity contribution in [3.05, 3.63) is 59.7 Å². The van der Waals surface area contributed by atoms with Crippen LogP contribution in [0.2, 0.25) is 0 Å². The Labute approximate surface area is 166 Å². The van der Waals surface area contributed by atoms with Crippen LogP contribution in [0.4, 0.5) is 11.4 Å². The van der Waals surface area contributed by atoms with Gasteiger partial charge in [0.1, 0.15) is 0 Å². The van der Waals surface area contributed by atoms with E-state index < -0.39 is 5.41 Å². The fourth-order valence-electron chi connectivity index (χ4n) is 4.07. The first-order valence-electron chi connectivity index (χ1n) is 10.1. The van der Waals surface area contributed by atoms with Crippen molar-refractivity contribution in [3.63, 3.8) is 0 Å². The molecule has 2 aromatic carbocycles. The van der Waals surface area contributed by atoms with Gasteiger partial charge in [-0.15, -0.1) is 0 Å². The third-order valence-corrected chi connectivity index (χ3v) is 5.89. The number of hydrogen-bond donors (Lipinski definition) is 1. The maximum Gasteiger partial charge on any atom is 0.235 e. The van der Waals surface area contributed by atoms with Crippen molar-refractivity contribution < 1.29 is 14.3 Å². The zero-order chi connectivity index (χ0) is 19.4. The van der Waals surface area contributed by atoms with Gasteiger partial charge in [0.2, 0.25) is 5.91 Å². The van der Waals surface area contributed by atoms with Gasteiger partial charge in [0.25, 0.3) is 0 Å². The third kappa shape index (κ3) is 3.91. The maximum absolute atomic E-state index is 13.4. The third-order valence-electron chi connectivity index (χ3n) is 5.89. The SMILES string of the molecule is Cc1ccc(C2(C(=O)Nc3ccc(N4CCOCC4)cc3)CCOCC2)cc1. The van der Waals surface area contributed by atoms with Gasteiger partial charge in [-0.05, 0) is 49.6 Å². The number of anilines is 2. The molecule has 2 aliphatic heterocycles. The summed E-state index contributed by atoms with van der Waals surface area (Å²) in [4.78, 5) is 15.7. The van der Waals surface area contributed by atoms with Gasteiger partial charge in [-0.1, -0.05) is 29.8 Å². The van der Waals surface area contributed by atoms with E-state index in [0.717, 1.165) is 37.6 Å². The van der Waals surface area contributed by atoms with Crippen LogP contribution >= 0.6 is 0 Å². The van der Waals surface area contributed by atoms with Crippen LogP contribution in [0.15, 0.2) is 48.5 Å². The highest BCUT2D eigenvalue weighted by Crippen LogP contribution is 2.36. The molecule has 0 atom stereocenters. The molecule has 0 unspecified atom stereocenters. The summed E-state index contributed by atoms with van der Waals surface area (Å²) in [5.74, 6) is 0.0544. The van der Waals surface area contributed by atoms with Crippen LogP contribution in [0, 0.1) is 6.92 Å². The Kier molecular flexibility index (Phi) is 5.64. The first-order valence-corrected chi connectivity index (χ1v) is 10.1. The summed E-state index contributed by atoms with van der Waals surface area (Å²) in [7, 11) is 0. The molecule has 1 amide bonds. The van der Waals surface area contributed by atoms with Crippen LogP contribution in [-0.2, 0) is 19.7 Å². The minimum Gasteiger partial charge on any atom is -0.381 e. The second-order valence-corrected chi connectivity index (χ2v) is 7.66. The molecule has 1 N–H and O–H groups in total. The van der Waals surface area contributed by atoms with Crippen molar-refractivity contribution in [3.8, 4) is 0 Å². The molecule has 0 bridgehead atoms. The first kappa shape index (κ1) is 19.0. The average molecular weight is 380 g/mol. The number of carbonyl (C=O) groups is 1. The lowest BCUT2D eigenvalue weighted by atomic mass is 9.73. The monoisotopic (exact) mass is 380 g/mol. The predicted molar refractivity (Wildman–Crippen MR) is 111 cm³/mol. The Bertz CT molecular complexity index is 790. The number of carbonyl (C=O) groups excluding carboxylic acids is 1. The van der Waals surface area contributed by atoms with E-state index in [9.17, 15) is 4.79 Å². The second kappa shape index (κ2) is 8.33. The Balaban J connectivity index is 1.52. The fraction of sp³-hybridized carbons (Fsp3) is 0.435. The Morgan fingerprint density at radius 3 is 2.14 bits per heavy atom. The summed E-state index contributed by atoms with van der Waals surface area (Å²) in [5.41, 5.74) is 3.74. The van der Waals surface area contributed by atoms with Crippen LogP contribution in [0.5, 0.6) is 0 Å². The molecule has 0 radical (unpaired) electrons. The number of aryl methyl sites for hydroxylation is 1. The smallest absolute Gasteiger partial charge is 0.235 e. The number of benzene rings is 2. The van der Waals surface area contributed by atoms with Gasteiger partial charge in [-0.2, -0.15) is 0 Å². The van der Waals surface area contributed by atoms with E-state index in [0.29, 0.717) is 26.1 Å². The van der Waals surface area contributed by atoms with Gasteiger partial charge < -0.3 is 19.7 Å². The normalized spacial score (nSPS) is 19.2. The van der Waals surface area contributed by atoms with E-state index in [4.69, 9.17) is 9.47 Å². The van der Waals surface area contributed by atoms with Gasteiger partial charge in [0, 0.05) is 37.7 Å². The molecular weight excluding hydrogens is 352 g/mol. The number of hydrogen-bond acceptors (Lipinski definition) is 4. The number of nitrogens with zero attached hydrogens (tertiary/aromatic N) is 1. The van der Waals surface area contributed by atoms with Gasteiger partial charge in [-0.3, -0.25) is 4.79 Å². The molecule has 148 valence electrons. The number of amides is 1. The van der Waals surface area contributed by atoms with Gasteiger partial charge >= 0.3 is 0 Å². The maximum atomic E-state index is 13.4. The summed E-state index contributed by atoms with van der Waals surface area (Å²) >= 11 is 0. The van der Waals surface area contributed by atoms with Crippen molar-refractivity contribution in [1.82, 2.24) is 0 Å².